The topological polar surface area (TPSA) is 122 Å². The molecule has 2 aliphatic rings. The van der Waals surface area contributed by atoms with Crippen LogP contribution >= 0.6 is 15.9 Å². The number of hydrogen-bond acceptors (Lipinski definition) is 6. The molecule has 1 saturated heterocycles. The van der Waals surface area contributed by atoms with Crippen molar-refractivity contribution in [3.05, 3.63) is 82.3 Å². The predicted octanol–water partition coefficient (Wildman–Crippen LogP) is 2.32. The summed E-state index contributed by atoms with van der Waals surface area (Å²) in [4.78, 5) is 64.6. The van der Waals surface area contributed by atoms with Gasteiger partial charge in [0.15, 0.2) is 6.61 Å². The normalized spacial score (nSPS) is 19.4. The molecular weight excluding hydrogens is 530 g/mol. The molecule has 0 radical (unpaired) electrons. The molecule has 9 nitrogen and oxygen atoms in total. The van der Waals surface area contributed by atoms with Crippen LogP contribution < -0.4 is 10.9 Å². The minimum absolute atomic E-state index is 0.0615. The summed E-state index contributed by atoms with van der Waals surface area (Å²) >= 11 is 3.27. The van der Waals surface area contributed by atoms with E-state index in [1.165, 1.54) is 0 Å². The fraction of sp³-hybridized carbons (Fsp3) is 0.269. The summed E-state index contributed by atoms with van der Waals surface area (Å²) in [5.41, 5.74) is 5.48. The van der Waals surface area contributed by atoms with Crippen LogP contribution in [0.25, 0.3) is 0 Å². The molecule has 2 N–H and O–H groups in total. The largest absolute Gasteiger partial charge is 0.454 e. The number of nitrogens with one attached hydrogen (secondary N) is 2. The zero-order valence-electron chi connectivity index (χ0n) is 19.2. The van der Waals surface area contributed by atoms with Crippen molar-refractivity contribution in [3.63, 3.8) is 0 Å². The van der Waals surface area contributed by atoms with E-state index < -0.39 is 54.1 Å². The van der Waals surface area contributed by atoms with E-state index in [-0.39, 0.29) is 6.42 Å². The van der Waals surface area contributed by atoms with E-state index in [1.807, 2.05) is 18.2 Å². The third-order valence-corrected chi connectivity index (χ3v) is 6.69. The number of ether oxygens (including phenoxy) is 1. The quantitative estimate of drug-likeness (QED) is 0.235. The molecule has 1 fully saturated rings. The third-order valence-electron chi connectivity index (χ3n) is 6.16. The maximum absolute atomic E-state index is 13.1. The summed E-state index contributed by atoms with van der Waals surface area (Å²) in [5, 5.41) is 0. The summed E-state index contributed by atoms with van der Waals surface area (Å²) in [6, 6.07) is 14.2. The van der Waals surface area contributed by atoms with Crippen molar-refractivity contribution in [1.29, 1.82) is 0 Å². The van der Waals surface area contributed by atoms with Crippen LogP contribution in [-0.4, -0.2) is 47.1 Å². The first-order valence-corrected chi connectivity index (χ1v) is 12.2. The van der Waals surface area contributed by atoms with Crippen LogP contribution in [0.3, 0.4) is 0 Å². The zero-order chi connectivity index (χ0) is 25.7. The number of nitrogens with zero attached hydrogens (tertiary/aromatic N) is 1. The smallest absolute Gasteiger partial charge is 0.330 e. The molecule has 1 aliphatic heterocycles. The van der Waals surface area contributed by atoms with Crippen LogP contribution in [0.5, 0.6) is 0 Å². The lowest BCUT2D eigenvalue weighted by molar-refractivity contribution is -0.160. The number of hydrazine groups is 1. The molecule has 2 aromatic rings. The average Bonchev–Trinajstić information content (AvgIpc) is 3.15. The Labute approximate surface area is 216 Å². The van der Waals surface area contributed by atoms with Gasteiger partial charge in [-0.2, -0.15) is 0 Å². The molecule has 186 valence electrons. The number of rotatable bonds is 7. The Hall–Kier alpha value is -3.79. The number of carbonyl (C=O) groups excluding carboxylic acids is 5. The highest BCUT2D eigenvalue weighted by Crippen LogP contribution is 2.36. The van der Waals surface area contributed by atoms with Crippen molar-refractivity contribution in [2.45, 2.75) is 25.3 Å². The molecule has 2 aromatic carbocycles. The molecule has 36 heavy (non-hydrogen) atoms. The number of carbonyl (C=O) groups is 5. The molecule has 1 heterocycles. The average molecular weight is 554 g/mol. The summed E-state index contributed by atoms with van der Waals surface area (Å²) in [5.74, 6) is -3.99. The monoisotopic (exact) mass is 553 g/mol. The Morgan fingerprint density at radius 2 is 1.53 bits per heavy atom. The van der Waals surface area contributed by atoms with E-state index in [9.17, 15) is 24.0 Å². The Balaban J connectivity index is 1.40. The Morgan fingerprint density at radius 3 is 2.14 bits per heavy atom. The summed E-state index contributed by atoms with van der Waals surface area (Å²) in [6.07, 6.45) is 4.69. The van der Waals surface area contributed by atoms with Gasteiger partial charge in [0, 0.05) is 16.5 Å². The third kappa shape index (κ3) is 5.71. The second kappa shape index (κ2) is 11.3. The number of fused-ring (bicyclic) bond motifs is 1. The van der Waals surface area contributed by atoms with E-state index in [4.69, 9.17) is 4.74 Å². The van der Waals surface area contributed by atoms with Gasteiger partial charge in [-0.05, 0) is 42.7 Å². The van der Waals surface area contributed by atoms with Gasteiger partial charge in [-0.15, -0.1) is 0 Å². The number of likely N-dealkylation sites (tertiary alicyclic amines) is 1. The Bertz CT molecular complexity index is 1170. The highest BCUT2D eigenvalue weighted by molar-refractivity contribution is 9.10. The number of amides is 4. The van der Waals surface area contributed by atoms with Crippen LogP contribution in [0, 0.1) is 11.8 Å². The molecule has 0 saturated carbocycles. The van der Waals surface area contributed by atoms with Crippen LogP contribution in [0.2, 0.25) is 0 Å². The van der Waals surface area contributed by atoms with E-state index in [2.05, 4.69) is 26.8 Å². The van der Waals surface area contributed by atoms with E-state index >= 15 is 0 Å². The SMILES string of the molecule is O=C(COC(=O)[C@H](Cc1ccccc1)N1C(=O)[C@@H]2CC=CC[C@H]2C1=O)NNC(=O)c1ccc(Br)cc1. The minimum atomic E-state index is -1.21. The van der Waals surface area contributed by atoms with E-state index in [0.29, 0.717) is 18.4 Å². The molecule has 0 spiro atoms. The number of imide groups is 1. The summed E-state index contributed by atoms with van der Waals surface area (Å²) < 4.78 is 5.98. The van der Waals surface area contributed by atoms with Crippen molar-refractivity contribution in [1.82, 2.24) is 15.8 Å². The number of halogens is 1. The fourth-order valence-electron chi connectivity index (χ4n) is 4.32. The standard InChI is InChI=1S/C26H24BrN3O6/c27-18-12-10-17(11-13-18)23(32)29-28-22(31)15-36-26(35)21(14-16-6-2-1-3-7-16)30-24(33)19-8-4-5-9-20(19)25(30)34/h1-7,10-13,19-21H,8-9,14-15H2,(H,28,31)(H,29,32)/t19-,20-,21+/m1/s1. The van der Waals surface area contributed by atoms with Gasteiger partial charge in [0.2, 0.25) is 11.8 Å². The molecule has 10 heteroatoms. The lowest BCUT2D eigenvalue weighted by atomic mass is 9.85. The van der Waals surface area contributed by atoms with Crippen molar-refractivity contribution in [3.8, 4) is 0 Å². The highest BCUT2D eigenvalue weighted by Gasteiger charge is 2.51. The molecule has 4 rings (SSSR count). The number of esters is 1. The van der Waals surface area contributed by atoms with Gasteiger partial charge in [-0.25, -0.2) is 4.79 Å². The van der Waals surface area contributed by atoms with Gasteiger partial charge in [-0.3, -0.25) is 34.9 Å². The highest BCUT2D eigenvalue weighted by atomic mass is 79.9. The van der Waals surface area contributed by atoms with Gasteiger partial charge in [0.25, 0.3) is 11.8 Å². The second-order valence-corrected chi connectivity index (χ2v) is 9.44. The minimum Gasteiger partial charge on any atom is -0.454 e. The van der Waals surface area contributed by atoms with Gasteiger partial charge in [0.1, 0.15) is 6.04 Å². The lowest BCUT2D eigenvalue weighted by Crippen LogP contribution is -2.49. The predicted molar refractivity (Wildman–Crippen MR) is 132 cm³/mol. The molecule has 0 unspecified atom stereocenters. The molecule has 1 aliphatic carbocycles. The first kappa shape index (κ1) is 25.3. The van der Waals surface area contributed by atoms with Crippen LogP contribution in [-0.2, 0) is 30.3 Å². The number of allylic oxidation sites excluding steroid dienone is 2. The van der Waals surface area contributed by atoms with Crippen LogP contribution in [0.4, 0.5) is 0 Å². The molecule has 3 atom stereocenters. The molecule has 4 amide bonds. The van der Waals surface area contributed by atoms with Gasteiger partial charge in [-0.1, -0.05) is 58.4 Å². The Morgan fingerprint density at radius 1 is 0.917 bits per heavy atom. The van der Waals surface area contributed by atoms with Crippen molar-refractivity contribution < 1.29 is 28.7 Å². The zero-order valence-corrected chi connectivity index (χ0v) is 20.8. The maximum Gasteiger partial charge on any atom is 0.330 e. The molecule has 0 aromatic heterocycles. The van der Waals surface area contributed by atoms with E-state index in [1.54, 1.807) is 48.5 Å². The lowest BCUT2D eigenvalue weighted by Gasteiger charge is -2.25. The van der Waals surface area contributed by atoms with Gasteiger partial charge < -0.3 is 4.74 Å². The van der Waals surface area contributed by atoms with Crippen molar-refractivity contribution in [2.24, 2.45) is 11.8 Å². The van der Waals surface area contributed by atoms with Crippen LogP contribution in [0.15, 0.2) is 71.2 Å². The Kier molecular flexibility index (Phi) is 7.94. The second-order valence-electron chi connectivity index (χ2n) is 8.52. The van der Waals surface area contributed by atoms with E-state index in [0.717, 1.165) is 14.9 Å². The fourth-order valence-corrected chi connectivity index (χ4v) is 4.58. The number of benzene rings is 2. The van der Waals surface area contributed by atoms with Gasteiger partial charge >= 0.3 is 5.97 Å². The molecule has 0 bridgehead atoms. The van der Waals surface area contributed by atoms with Gasteiger partial charge in [0.05, 0.1) is 11.8 Å². The molecular formula is C26H24BrN3O6. The van der Waals surface area contributed by atoms with Crippen LogP contribution in [0.1, 0.15) is 28.8 Å². The summed E-state index contributed by atoms with van der Waals surface area (Å²) in [6.45, 7) is -0.699. The number of hydrogen-bond donors (Lipinski definition) is 2. The first-order valence-electron chi connectivity index (χ1n) is 11.4. The van der Waals surface area contributed by atoms with Crippen molar-refractivity contribution >= 4 is 45.5 Å². The first-order chi connectivity index (χ1) is 17.3. The summed E-state index contributed by atoms with van der Waals surface area (Å²) in [7, 11) is 0. The van der Waals surface area contributed by atoms with Crippen molar-refractivity contribution in [2.75, 3.05) is 6.61 Å². The maximum atomic E-state index is 13.1.